The van der Waals surface area contributed by atoms with Crippen LogP contribution in [0.5, 0.6) is 5.75 Å². The molecule has 1 N–H and O–H groups in total. The van der Waals surface area contributed by atoms with Gasteiger partial charge in [0, 0.05) is 0 Å². The van der Waals surface area contributed by atoms with E-state index in [0.717, 1.165) is 26.7 Å². The number of anilines is 1. The van der Waals surface area contributed by atoms with Gasteiger partial charge < -0.3 is 4.74 Å². The molecule has 178 valence electrons. The fraction of sp³-hybridized carbons (Fsp3) is 0.231. The van der Waals surface area contributed by atoms with Gasteiger partial charge in [-0.1, -0.05) is 24.3 Å². The summed E-state index contributed by atoms with van der Waals surface area (Å²) >= 11 is 0. The molecule has 0 spiro atoms. The molecule has 8 heteroatoms. The number of ether oxygens (including phenoxy) is 1. The fourth-order valence-corrected chi connectivity index (χ4v) is 4.89. The van der Waals surface area contributed by atoms with Crippen LogP contribution in [0.1, 0.15) is 30.5 Å². The lowest BCUT2D eigenvalue weighted by molar-refractivity contribution is -0.119. The van der Waals surface area contributed by atoms with Crippen molar-refractivity contribution < 1.29 is 17.9 Å². The molecule has 0 radical (unpaired) electrons. The second-order valence-electron chi connectivity index (χ2n) is 7.86. The van der Waals surface area contributed by atoms with Gasteiger partial charge in [0.05, 0.1) is 22.9 Å². The van der Waals surface area contributed by atoms with Crippen LogP contribution in [0.15, 0.2) is 82.8 Å². The monoisotopic (exact) mass is 479 g/mol. The normalized spacial score (nSPS) is 11.7. The van der Waals surface area contributed by atoms with Crippen LogP contribution in [0, 0.1) is 13.8 Å². The summed E-state index contributed by atoms with van der Waals surface area (Å²) in [6, 6.07) is 20.8. The van der Waals surface area contributed by atoms with Gasteiger partial charge in [0.25, 0.3) is 15.9 Å². The molecule has 0 heterocycles. The Morgan fingerprint density at radius 1 is 0.971 bits per heavy atom. The number of carbonyl (C=O) groups is 1. The van der Waals surface area contributed by atoms with E-state index in [0.29, 0.717) is 18.0 Å². The Kier molecular flexibility index (Phi) is 8.07. The van der Waals surface area contributed by atoms with Crippen molar-refractivity contribution in [2.45, 2.75) is 32.6 Å². The third-order valence-electron chi connectivity index (χ3n) is 5.04. The predicted octanol–water partition coefficient (Wildman–Crippen LogP) is 4.44. The number of hydrogen-bond donors (Lipinski definition) is 1. The smallest absolute Gasteiger partial charge is 0.264 e. The van der Waals surface area contributed by atoms with Gasteiger partial charge in [0.1, 0.15) is 12.3 Å². The molecule has 0 aliphatic carbocycles. The summed E-state index contributed by atoms with van der Waals surface area (Å²) in [7, 11) is -3.97. The largest absolute Gasteiger partial charge is 0.494 e. The van der Waals surface area contributed by atoms with Gasteiger partial charge in [-0.25, -0.2) is 13.8 Å². The van der Waals surface area contributed by atoms with Crippen molar-refractivity contribution in [1.29, 1.82) is 0 Å². The van der Waals surface area contributed by atoms with Crippen LogP contribution >= 0.6 is 0 Å². The first kappa shape index (κ1) is 25.0. The minimum Gasteiger partial charge on any atom is -0.494 e. The summed E-state index contributed by atoms with van der Waals surface area (Å²) in [6.07, 6.45) is 0. The molecule has 0 aliphatic heterocycles. The number of rotatable bonds is 9. The second kappa shape index (κ2) is 11.0. The Morgan fingerprint density at radius 2 is 1.59 bits per heavy atom. The van der Waals surface area contributed by atoms with Gasteiger partial charge in [0.15, 0.2) is 0 Å². The summed E-state index contributed by atoms with van der Waals surface area (Å²) in [6.45, 7) is 7.60. The van der Waals surface area contributed by atoms with E-state index in [2.05, 4.69) is 10.5 Å². The van der Waals surface area contributed by atoms with E-state index in [1.807, 2.05) is 51.1 Å². The number of aryl methyl sites for hydroxylation is 2. The van der Waals surface area contributed by atoms with Gasteiger partial charge in [-0.3, -0.25) is 9.10 Å². The first-order valence-corrected chi connectivity index (χ1v) is 12.4. The van der Waals surface area contributed by atoms with E-state index < -0.39 is 22.5 Å². The summed E-state index contributed by atoms with van der Waals surface area (Å²) in [4.78, 5) is 12.9. The number of carbonyl (C=O) groups excluding carboxylic acids is 1. The molecule has 0 saturated carbocycles. The molecule has 0 saturated heterocycles. The Bertz CT molecular complexity index is 1250. The van der Waals surface area contributed by atoms with Crippen LogP contribution in [0.3, 0.4) is 0 Å². The van der Waals surface area contributed by atoms with Crippen LogP contribution in [-0.2, 0) is 14.8 Å². The van der Waals surface area contributed by atoms with Crippen LogP contribution in [0.4, 0.5) is 5.69 Å². The van der Waals surface area contributed by atoms with E-state index in [1.165, 1.54) is 12.1 Å². The predicted molar refractivity (Wildman–Crippen MR) is 135 cm³/mol. The van der Waals surface area contributed by atoms with E-state index in [1.54, 1.807) is 37.3 Å². The molecule has 7 nitrogen and oxygen atoms in total. The maximum absolute atomic E-state index is 13.4. The average Bonchev–Trinajstić information content (AvgIpc) is 2.81. The highest BCUT2D eigenvalue weighted by atomic mass is 32.2. The number of hydrogen-bond acceptors (Lipinski definition) is 5. The number of hydrazone groups is 1. The molecule has 0 bridgehead atoms. The molecular weight excluding hydrogens is 450 g/mol. The summed E-state index contributed by atoms with van der Waals surface area (Å²) in [5, 5.41) is 4.16. The third kappa shape index (κ3) is 6.23. The number of amides is 1. The van der Waals surface area contributed by atoms with Crippen molar-refractivity contribution in [2.75, 3.05) is 17.5 Å². The van der Waals surface area contributed by atoms with Crippen molar-refractivity contribution in [3.8, 4) is 5.75 Å². The standard InChI is InChI=1S/C26H29N3O4S/c1-5-33-24-13-11-22(12-14-24)21(4)27-28-26(30)18-29(23-16-19(2)15-20(3)17-23)34(31,32)25-9-7-6-8-10-25/h6-17H,5,18H2,1-4H3,(H,28,30)/b27-21-. The Balaban J connectivity index is 1.84. The lowest BCUT2D eigenvalue weighted by atomic mass is 10.1. The second-order valence-corrected chi connectivity index (χ2v) is 9.72. The number of nitrogens with one attached hydrogen (secondary N) is 1. The highest BCUT2D eigenvalue weighted by Crippen LogP contribution is 2.25. The Hall–Kier alpha value is -3.65. The van der Waals surface area contributed by atoms with Gasteiger partial charge in [-0.05, 0) is 92.9 Å². The molecule has 3 rings (SSSR count). The molecule has 34 heavy (non-hydrogen) atoms. The average molecular weight is 480 g/mol. The van der Waals surface area contributed by atoms with Crippen molar-refractivity contribution in [2.24, 2.45) is 5.10 Å². The zero-order valence-electron chi connectivity index (χ0n) is 19.8. The molecule has 0 aromatic heterocycles. The number of sulfonamides is 1. The van der Waals surface area contributed by atoms with E-state index in [9.17, 15) is 13.2 Å². The first-order valence-electron chi connectivity index (χ1n) is 10.9. The summed E-state index contributed by atoms with van der Waals surface area (Å²) < 4.78 is 33.4. The number of nitrogens with zero attached hydrogens (tertiary/aromatic N) is 2. The Morgan fingerprint density at radius 3 is 2.18 bits per heavy atom. The molecule has 1 amide bonds. The zero-order valence-corrected chi connectivity index (χ0v) is 20.6. The summed E-state index contributed by atoms with van der Waals surface area (Å²) in [5.74, 6) is 0.197. The minimum atomic E-state index is -3.97. The third-order valence-corrected chi connectivity index (χ3v) is 6.83. The lowest BCUT2D eigenvalue weighted by Crippen LogP contribution is -2.39. The highest BCUT2D eigenvalue weighted by Gasteiger charge is 2.27. The molecule has 3 aromatic carbocycles. The Labute approximate surface area is 201 Å². The van der Waals surface area contributed by atoms with E-state index in [-0.39, 0.29) is 4.90 Å². The van der Waals surface area contributed by atoms with Crippen molar-refractivity contribution in [3.63, 3.8) is 0 Å². The minimum absolute atomic E-state index is 0.107. The van der Waals surface area contributed by atoms with Gasteiger partial charge in [-0.15, -0.1) is 0 Å². The summed E-state index contributed by atoms with van der Waals surface area (Å²) in [5.41, 5.74) is 6.09. The zero-order chi connectivity index (χ0) is 24.7. The molecule has 0 fully saturated rings. The maximum Gasteiger partial charge on any atom is 0.264 e. The fourth-order valence-electron chi connectivity index (χ4n) is 3.46. The molecule has 0 atom stereocenters. The first-order chi connectivity index (χ1) is 16.2. The van der Waals surface area contributed by atoms with Crippen molar-refractivity contribution in [1.82, 2.24) is 5.43 Å². The van der Waals surface area contributed by atoms with Crippen LogP contribution in [-0.4, -0.2) is 33.2 Å². The van der Waals surface area contributed by atoms with Crippen molar-refractivity contribution >= 4 is 27.3 Å². The number of benzene rings is 3. The maximum atomic E-state index is 13.4. The van der Waals surface area contributed by atoms with Crippen LogP contribution in [0.25, 0.3) is 0 Å². The van der Waals surface area contributed by atoms with Gasteiger partial charge >= 0.3 is 0 Å². The topological polar surface area (TPSA) is 88.1 Å². The molecule has 0 aliphatic rings. The molecule has 3 aromatic rings. The van der Waals surface area contributed by atoms with E-state index >= 15 is 0 Å². The van der Waals surface area contributed by atoms with Crippen LogP contribution < -0.4 is 14.5 Å². The van der Waals surface area contributed by atoms with Crippen LogP contribution in [0.2, 0.25) is 0 Å². The van der Waals surface area contributed by atoms with Gasteiger partial charge in [0.2, 0.25) is 0 Å². The van der Waals surface area contributed by atoms with E-state index in [4.69, 9.17) is 4.74 Å². The van der Waals surface area contributed by atoms with Crippen molar-refractivity contribution in [3.05, 3.63) is 89.5 Å². The SMILES string of the molecule is CCOc1ccc(/C(C)=N\NC(=O)CN(c2cc(C)cc(C)c2)S(=O)(=O)c2ccccc2)cc1. The highest BCUT2D eigenvalue weighted by molar-refractivity contribution is 7.92. The molecule has 0 unspecified atom stereocenters. The molecular formula is C26H29N3O4S. The quantitative estimate of drug-likeness (QED) is 0.363. The lowest BCUT2D eigenvalue weighted by Gasteiger charge is -2.24. The van der Waals surface area contributed by atoms with Gasteiger partial charge in [-0.2, -0.15) is 5.10 Å².